The largest absolute Gasteiger partial charge is 0.271 e. The van der Waals surface area contributed by atoms with Crippen LogP contribution in [-0.4, -0.2) is 14.8 Å². The Morgan fingerprint density at radius 1 is 1.26 bits per heavy atom. The summed E-state index contributed by atoms with van der Waals surface area (Å²) in [5.41, 5.74) is 5.32. The molecule has 2 aromatic heterocycles. The lowest BCUT2D eigenvalue weighted by molar-refractivity contribution is 0.457. The summed E-state index contributed by atoms with van der Waals surface area (Å²) >= 11 is 0. The number of nitrogens with two attached hydrogens (primary N) is 1. The zero-order chi connectivity index (χ0) is 13.5. The summed E-state index contributed by atoms with van der Waals surface area (Å²) in [6.45, 7) is 3.07. The molecule has 19 heavy (non-hydrogen) atoms. The van der Waals surface area contributed by atoms with Gasteiger partial charge in [0.05, 0.1) is 11.7 Å². The van der Waals surface area contributed by atoms with Crippen molar-refractivity contribution in [2.24, 2.45) is 5.84 Å². The van der Waals surface area contributed by atoms with E-state index in [1.165, 1.54) is 5.56 Å². The van der Waals surface area contributed by atoms with Crippen molar-refractivity contribution in [3.05, 3.63) is 48.0 Å². The molecule has 5 nitrogen and oxygen atoms in total. The second-order valence-corrected chi connectivity index (χ2v) is 4.59. The number of hydrazine groups is 1. The van der Waals surface area contributed by atoms with Gasteiger partial charge in [-0.05, 0) is 43.0 Å². The molecule has 0 saturated heterocycles. The van der Waals surface area contributed by atoms with Crippen LogP contribution >= 0.6 is 0 Å². The summed E-state index contributed by atoms with van der Waals surface area (Å²) in [4.78, 5) is 4.03. The van der Waals surface area contributed by atoms with Gasteiger partial charge in [-0.2, -0.15) is 5.10 Å². The van der Waals surface area contributed by atoms with Crippen LogP contribution in [0.25, 0.3) is 0 Å². The molecule has 5 heteroatoms. The minimum atomic E-state index is 0.127. The molecule has 2 aromatic rings. The van der Waals surface area contributed by atoms with E-state index in [4.69, 9.17) is 5.84 Å². The van der Waals surface area contributed by atoms with Crippen LogP contribution in [0.3, 0.4) is 0 Å². The van der Waals surface area contributed by atoms with Crippen LogP contribution in [-0.2, 0) is 13.0 Å². The second-order valence-electron chi connectivity index (χ2n) is 4.59. The fourth-order valence-electron chi connectivity index (χ4n) is 2.21. The Morgan fingerprint density at radius 3 is 2.74 bits per heavy atom. The first-order valence-corrected chi connectivity index (χ1v) is 6.72. The summed E-state index contributed by atoms with van der Waals surface area (Å²) in [6.07, 6.45) is 8.45. The molecule has 0 aliphatic carbocycles. The Labute approximate surface area is 113 Å². The summed E-state index contributed by atoms with van der Waals surface area (Å²) in [6, 6.07) is 6.24. The van der Waals surface area contributed by atoms with Crippen LogP contribution in [0.1, 0.15) is 37.1 Å². The maximum Gasteiger partial charge on any atom is 0.0632 e. The molecular formula is C14H21N5. The third-order valence-electron chi connectivity index (χ3n) is 3.21. The number of aryl methyl sites for hydroxylation is 2. The Balaban J connectivity index is 2.01. The molecule has 0 amide bonds. The highest BCUT2D eigenvalue weighted by Gasteiger charge is 2.14. The zero-order valence-corrected chi connectivity index (χ0v) is 11.3. The molecule has 1 unspecified atom stereocenters. The lowest BCUT2D eigenvalue weighted by Gasteiger charge is -2.17. The number of aromatic nitrogens is 3. The average molecular weight is 259 g/mol. The number of nitrogens with zero attached hydrogens (tertiary/aromatic N) is 3. The van der Waals surface area contributed by atoms with E-state index in [1.54, 1.807) is 0 Å². The van der Waals surface area contributed by atoms with Gasteiger partial charge in [-0.15, -0.1) is 0 Å². The maximum atomic E-state index is 5.69. The number of pyridine rings is 1. The minimum absolute atomic E-state index is 0.127. The van der Waals surface area contributed by atoms with E-state index in [0.29, 0.717) is 0 Å². The number of hydrogen-bond acceptors (Lipinski definition) is 4. The molecule has 0 spiro atoms. The SMILES string of the molecule is CCCn1nccc1C(CCc1ccncc1)NN. The number of rotatable bonds is 7. The standard InChI is InChI=1S/C14H21N5/c1-2-11-19-14(7-10-17-19)13(18-15)4-3-12-5-8-16-9-6-12/h5-10,13,18H,2-4,11,15H2,1H3. The fourth-order valence-corrected chi connectivity index (χ4v) is 2.21. The van der Waals surface area contributed by atoms with Crippen molar-refractivity contribution in [1.29, 1.82) is 0 Å². The van der Waals surface area contributed by atoms with Gasteiger partial charge in [-0.3, -0.25) is 20.9 Å². The van der Waals surface area contributed by atoms with Crippen molar-refractivity contribution in [2.75, 3.05) is 0 Å². The third-order valence-corrected chi connectivity index (χ3v) is 3.21. The minimum Gasteiger partial charge on any atom is -0.271 e. The van der Waals surface area contributed by atoms with Crippen molar-refractivity contribution in [3.63, 3.8) is 0 Å². The van der Waals surface area contributed by atoms with E-state index in [9.17, 15) is 0 Å². The van der Waals surface area contributed by atoms with Gasteiger partial charge in [0.1, 0.15) is 0 Å². The summed E-state index contributed by atoms with van der Waals surface area (Å²) < 4.78 is 2.02. The highest BCUT2D eigenvalue weighted by molar-refractivity contribution is 5.12. The second kappa shape index (κ2) is 7.01. The molecule has 0 aliphatic heterocycles. The van der Waals surface area contributed by atoms with Crippen molar-refractivity contribution in [3.8, 4) is 0 Å². The Morgan fingerprint density at radius 2 is 2.05 bits per heavy atom. The number of hydrogen-bond donors (Lipinski definition) is 2. The molecule has 3 N–H and O–H groups in total. The van der Waals surface area contributed by atoms with Crippen LogP contribution in [0.15, 0.2) is 36.8 Å². The van der Waals surface area contributed by atoms with E-state index >= 15 is 0 Å². The molecular weight excluding hydrogens is 238 g/mol. The van der Waals surface area contributed by atoms with Crippen molar-refractivity contribution in [1.82, 2.24) is 20.2 Å². The molecule has 0 bridgehead atoms. The van der Waals surface area contributed by atoms with Crippen LogP contribution in [0, 0.1) is 0 Å². The molecule has 0 fully saturated rings. The molecule has 0 aliphatic rings. The van der Waals surface area contributed by atoms with Crippen LogP contribution < -0.4 is 11.3 Å². The van der Waals surface area contributed by atoms with Crippen molar-refractivity contribution < 1.29 is 0 Å². The van der Waals surface area contributed by atoms with E-state index in [-0.39, 0.29) is 6.04 Å². The van der Waals surface area contributed by atoms with Crippen molar-refractivity contribution >= 4 is 0 Å². The van der Waals surface area contributed by atoms with E-state index in [0.717, 1.165) is 31.5 Å². The van der Waals surface area contributed by atoms with Gasteiger partial charge < -0.3 is 0 Å². The van der Waals surface area contributed by atoms with Crippen LogP contribution in [0.5, 0.6) is 0 Å². The van der Waals surface area contributed by atoms with Gasteiger partial charge in [0.2, 0.25) is 0 Å². The molecule has 2 heterocycles. The van der Waals surface area contributed by atoms with Gasteiger partial charge in [0.25, 0.3) is 0 Å². The van der Waals surface area contributed by atoms with Gasteiger partial charge in [0, 0.05) is 25.1 Å². The van der Waals surface area contributed by atoms with Gasteiger partial charge in [-0.25, -0.2) is 0 Å². The van der Waals surface area contributed by atoms with E-state index in [2.05, 4.69) is 22.4 Å². The summed E-state index contributed by atoms with van der Waals surface area (Å²) in [5.74, 6) is 5.69. The lowest BCUT2D eigenvalue weighted by atomic mass is 10.0. The summed E-state index contributed by atoms with van der Waals surface area (Å²) in [7, 11) is 0. The molecule has 0 saturated carbocycles. The monoisotopic (exact) mass is 259 g/mol. The first kappa shape index (κ1) is 13.7. The quantitative estimate of drug-likeness (QED) is 0.588. The predicted octanol–water partition coefficient (Wildman–Crippen LogP) is 1.83. The molecule has 0 radical (unpaired) electrons. The smallest absolute Gasteiger partial charge is 0.0632 e. The van der Waals surface area contributed by atoms with Gasteiger partial charge in [0.15, 0.2) is 0 Å². The van der Waals surface area contributed by atoms with Gasteiger partial charge in [-0.1, -0.05) is 6.92 Å². The van der Waals surface area contributed by atoms with Crippen LogP contribution in [0.4, 0.5) is 0 Å². The average Bonchev–Trinajstić information content (AvgIpc) is 2.90. The molecule has 1 atom stereocenters. The maximum absolute atomic E-state index is 5.69. The van der Waals surface area contributed by atoms with Crippen molar-refractivity contribution in [2.45, 2.75) is 38.8 Å². The first-order valence-electron chi connectivity index (χ1n) is 6.72. The third kappa shape index (κ3) is 3.62. The van der Waals surface area contributed by atoms with E-state index in [1.807, 2.05) is 41.5 Å². The highest BCUT2D eigenvalue weighted by Crippen LogP contribution is 2.18. The fraction of sp³-hybridized carbons (Fsp3) is 0.429. The highest BCUT2D eigenvalue weighted by atomic mass is 15.3. The van der Waals surface area contributed by atoms with Gasteiger partial charge >= 0.3 is 0 Å². The Kier molecular flexibility index (Phi) is 5.06. The topological polar surface area (TPSA) is 68.8 Å². The first-order chi connectivity index (χ1) is 9.35. The number of nitrogens with one attached hydrogen (secondary N) is 1. The Bertz CT molecular complexity index is 480. The normalized spacial score (nSPS) is 12.5. The van der Waals surface area contributed by atoms with Crippen LogP contribution in [0.2, 0.25) is 0 Å². The zero-order valence-electron chi connectivity index (χ0n) is 11.3. The predicted molar refractivity (Wildman–Crippen MR) is 75.1 cm³/mol. The molecule has 0 aromatic carbocycles. The molecule has 102 valence electrons. The summed E-state index contributed by atoms with van der Waals surface area (Å²) in [5, 5.41) is 4.34. The van der Waals surface area contributed by atoms with E-state index < -0.39 is 0 Å². The Hall–Kier alpha value is -1.72. The lowest BCUT2D eigenvalue weighted by Crippen LogP contribution is -2.30. The molecule has 2 rings (SSSR count).